The van der Waals surface area contributed by atoms with Gasteiger partial charge < -0.3 is 14.7 Å². The first-order valence-electron chi connectivity index (χ1n) is 4.94. The van der Waals surface area contributed by atoms with Gasteiger partial charge in [-0.15, -0.1) is 12.4 Å². The lowest BCUT2D eigenvalue weighted by Gasteiger charge is -2.07. The molecule has 0 saturated heterocycles. The summed E-state index contributed by atoms with van der Waals surface area (Å²) in [7, 11) is 2.65. The molecule has 0 aliphatic heterocycles. The molecule has 5 nitrogen and oxygen atoms in total. The summed E-state index contributed by atoms with van der Waals surface area (Å²) in [6, 6.07) is -0.607. The number of hydrogen-bond acceptors (Lipinski definition) is 7. The maximum Gasteiger partial charge on any atom is 0.322 e. The molecule has 0 amide bonds. The largest absolute Gasteiger partial charge is 0.468 e. The van der Waals surface area contributed by atoms with E-state index in [2.05, 4.69) is 4.74 Å². The Morgan fingerprint density at radius 2 is 2.06 bits per heavy atom. The molecule has 0 unspecified atom stereocenters. The van der Waals surface area contributed by atoms with Crippen LogP contribution in [0.1, 0.15) is 26.2 Å². The number of ether oxygens (including phenoxy) is 1. The van der Waals surface area contributed by atoms with Crippen LogP contribution in [0.25, 0.3) is 0 Å². The fourth-order valence-corrected chi connectivity index (χ4v) is 2.28. The standard InChI is InChI=1S/C9H17NO4S2.ClH/c1-3-4-8(11)14-16-15-6-5-7(10)9(12)13-2;/h7H,3-6,10H2,1-2H3;1H/t7-;/m0./s1. The average Bonchev–Trinajstić information content (AvgIpc) is 2.27. The van der Waals surface area contributed by atoms with Crippen molar-refractivity contribution in [1.29, 1.82) is 0 Å². The van der Waals surface area contributed by atoms with E-state index in [-0.39, 0.29) is 18.4 Å². The second kappa shape index (κ2) is 12.3. The fraction of sp³-hybridized carbons (Fsp3) is 0.778. The molecule has 0 heterocycles. The molecule has 0 spiro atoms. The third-order valence-electron chi connectivity index (χ3n) is 1.65. The highest BCUT2D eigenvalue weighted by atomic mass is 35.5. The lowest BCUT2D eigenvalue weighted by atomic mass is 10.2. The maximum atomic E-state index is 10.9. The number of esters is 1. The fourth-order valence-electron chi connectivity index (χ4n) is 0.786. The average molecular weight is 304 g/mol. The summed E-state index contributed by atoms with van der Waals surface area (Å²) in [6.45, 7) is 1.91. The summed E-state index contributed by atoms with van der Waals surface area (Å²) in [6.07, 6.45) is 1.70. The van der Waals surface area contributed by atoms with E-state index in [0.29, 0.717) is 18.6 Å². The van der Waals surface area contributed by atoms with Gasteiger partial charge in [-0.05, 0) is 12.8 Å². The number of nitrogens with two attached hydrogens (primary N) is 1. The predicted molar refractivity (Wildman–Crippen MR) is 72.9 cm³/mol. The Bertz CT molecular complexity index is 231. The summed E-state index contributed by atoms with van der Waals surface area (Å²) in [5, 5.41) is 0. The van der Waals surface area contributed by atoms with Crippen molar-refractivity contribution in [1.82, 2.24) is 0 Å². The van der Waals surface area contributed by atoms with Gasteiger partial charge in [0, 0.05) is 12.2 Å². The topological polar surface area (TPSA) is 78.6 Å². The van der Waals surface area contributed by atoms with E-state index in [9.17, 15) is 9.59 Å². The summed E-state index contributed by atoms with van der Waals surface area (Å²) in [4.78, 5) is 21.9. The molecule has 0 aromatic rings. The predicted octanol–water partition coefficient (Wildman–Crippen LogP) is 1.94. The van der Waals surface area contributed by atoms with Crippen LogP contribution in [-0.2, 0) is 18.5 Å². The second-order valence-electron chi connectivity index (χ2n) is 3.01. The highest BCUT2D eigenvalue weighted by molar-refractivity contribution is 8.75. The first-order chi connectivity index (χ1) is 7.61. The molecule has 17 heavy (non-hydrogen) atoms. The first-order valence-corrected chi connectivity index (χ1v) is 7.18. The van der Waals surface area contributed by atoms with E-state index in [1.165, 1.54) is 17.9 Å². The Balaban J connectivity index is 0. The van der Waals surface area contributed by atoms with Crippen LogP contribution in [0.4, 0.5) is 0 Å². The smallest absolute Gasteiger partial charge is 0.322 e. The van der Waals surface area contributed by atoms with Crippen molar-refractivity contribution in [2.24, 2.45) is 5.73 Å². The van der Waals surface area contributed by atoms with Crippen molar-refractivity contribution in [3.8, 4) is 0 Å². The number of hydrogen-bond donors (Lipinski definition) is 1. The van der Waals surface area contributed by atoms with Gasteiger partial charge in [-0.25, -0.2) is 0 Å². The van der Waals surface area contributed by atoms with E-state index in [1.54, 1.807) is 0 Å². The van der Waals surface area contributed by atoms with Crippen LogP contribution in [0.2, 0.25) is 0 Å². The molecular formula is C9H18ClNO4S2. The maximum absolute atomic E-state index is 10.9. The van der Waals surface area contributed by atoms with Crippen molar-refractivity contribution in [2.75, 3.05) is 12.9 Å². The van der Waals surface area contributed by atoms with Crippen LogP contribution >= 0.6 is 34.3 Å². The van der Waals surface area contributed by atoms with Crippen molar-refractivity contribution in [3.05, 3.63) is 0 Å². The molecule has 0 saturated carbocycles. The van der Waals surface area contributed by atoms with Gasteiger partial charge in [0.1, 0.15) is 17.1 Å². The quantitative estimate of drug-likeness (QED) is 0.318. The third kappa shape index (κ3) is 10.7. The lowest BCUT2D eigenvalue weighted by molar-refractivity contribution is -0.142. The van der Waals surface area contributed by atoms with E-state index >= 15 is 0 Å². The van der Waals surface area contributed by atoms with Crippen molar-refractivity contribution >= 4 is 46.2 Å². The molecule has 102 valence electrons. The molecule has 1 atom stereocenters. The van der Waals surface area contributed by atoms with Gasteiger partial charge in [-0.2, -0.15) is 0 Å². The Labute approximate surface area is 116 Å². The molecule has 0 bridgehead atoms. The van der Waals surface area contributed by atoms with Gasteiger partial charge in [-0.3, -0.25) is 9.59 Å². The molecule has 2 N–H and O–H groups in total. The summed E-state index contributed by atoms with van der Waals surface area (Å²) in [5.41, 5.74) is 5.51. The number of methoxy groups -OCH3 is 1. The molecule has 8 heteroatoms. The van der Waals surface area contributed by atoms with Gasteiger partial charge >= 0.3 is 11.9 Å². The highest BCUT2D eigenvalue weighted by Crippen LogP contribution is 2.24. The molecule has 0 rings (SSSR count). The van der Waals surface area contributed by atoms with E-state index in [1.807, 2.05) is 6.92 Å². The lowest BCUT2D eigenvalue weighted by Crippen LogP contribution is -2.31. The minimum absolute atomic E-state index is 0. The minimum atomic E-state index is -0.607. The second-order valence-corrected chi connectivity index (χ2v) is 5.08. The van der Waals surface area contributed by atoms with Crippen LogP contribution in [0, 0.1) is 0 Å². The zero-order valence-corrected chi connectivity index (χ0v) is 12.3. The highest BCUT2D eigenvalue weighted by Gasteiger charge is 2.13. The molecule has 0 aliphatic carbocycles. The van der Waals surface area contributed by atoms with Crippen LogP contribution in [0.3, 0.4) is 0 Å². The van der Waals surface area contributed by atoms with Crippen molar-refractivity contribution in [3.63, 3.8) is 0 Å². The Morgan fingerprint density at radius 3 is 2.59 bits per heavy atom. The molecule has 0 radical (unpaired) electrons. The van der Waals surface area contributed by atoms with Gasteiger partial charge in [0.2, 0.25) is 0 Å². The Kier molecular flexibility index (Phi) is 14.0. The Morgan fingerprint density at radius 1 is 1.41 bits per heavy atom. The van der Waals surface area contributed by atoms with Crippen LogP contribution in [0.5, 0.6) is 0 Å². The van der Waals surface area contributed by atoms with E-state index in [0.717, 1.165) is 17.5 Å². The molecule has 0 aliphatic rings. The molecule has 0 aromatic carbocycles. The third-order valence-corrected chi connectivity index (χ3v) is 3.39. The Hall–Kier alpha value is -0.110. The van der Waals surface area contributed by atoms with Crippen molar-refractivity contribution < 1.29 is 18.5 Å². The number of halogens is 1. The first kappa shape index (κ1) is 19.2. The van der Waals surface area contributed by atoms with Crippen molar-refractivity contribution in [2.45, 2.75) is 32.2 Å². The SMILES string of the molecule is CCCC(=O)OSSCC[C@H](N)C(=O)OC.Cl. The normalized spacial score (nSPS) is 11.2. The number of rotatable bonds is 8. The minimum Gasteiger partial charge on any atom is -0.468 e. The number of carbonyl (C=O) groups excluding carboxylic acids is 2. The summed E-state index contributed by atoms with van der Waals surface area (Å²) >= 11 is 1.02. The van der Waals surface area contributed by atoms with Gasteiger partial charge in [-0.1, -0.05) is 17.7 Å². The van der Waals surface area contributed by atoms with E-state index < -0.39 is 12.0 Å². The zero-order valence-electron chi connectivity index (χ0n) is 9.84. The van der Waals surface area contributed by atoms with Crippen LogP contribution in [0.15, 0.2) is 0 Å². The molecule has 0 fully saturated rings. The van der Waals surface area contributed by atoms with Gasteiger partial charge in [0.25, 0.3) is 0 Å². The summed E-state index contributed by atoms with van der Waals surface area (Å²) < 4.78 is 9.31. The molecule has 0 aromatic heterocycles. The van der Waals surface area contributed by atoms with E-state index in [4.69, 9.17) is 9.92 Å². The van der Waals surface area contributed by atoms with Gasteiger partial charge in [0.15, 0.2) is 0 Å². The monoisotopic (exact) mass is 303 g/mol. The van der Waals surface area contributed by atoms with Gasteiger partial charge in [0.05, 0.1) is 7.11 Å². The van der Waals surface area contributed by atoms with Crippen LogP contribution in [-0.4, -0.2) is 30.8 Å². The zero-order chi connectivity index (χ0) is 12.4. The number of carbonyl (C=O) groups is 2. The molecular weight excluding hydrogens is 286 g/mol. The van der Waals surface area contributed by atoms with Crippen LogP contribution < -0.4 is 5.73 Å². The summed E-state index contributed by atoms with van der Waals surface area (Å²) in [5.74, 6) is -0.0220.